The quantitative estimate of drug-likeness (QED) is 0.187. The number of hydrogen-bond acceptors (Lipinski definition) is 5. The van der Waals surface area contributed by atoms with E-state index in [2.05, 4.69) is 72.8 Å². The van der Waals surface area contributed by atoms with Gasteiger partial charge in [-0.3, -0.25) is 0 Å². The van der Waals surface area contributed by atoms with E-state index >= 15 is 0 Å². The Kier molecular flexibility index (Phi) is 6.42. The van der Waals surface area contributed by atoms with Crippen molar-refractivity contribution >= 4 is 43.9 Å². The van der Waals surface area contributed by atoms with Gasteiger partial charge in [0.15, 0.2) is 17.5 Å². The molecule has 0 aliphatic heterocycles. The summed E-state index contributed by atoms with van der Waals surface area (Å²) < 4.78 is 12.8. The molecule has 3 aromatic heterocycles. The van der Waals surface area contributed by atoms with Crippen molar-refractivity contribution in [1.82, 2.24) is 15.0 Å². The van der Waals surface area contributed by atoms with Crippen molar-refractivity contribution in [2.24, 2.45) is 0 Å². The third kappa shape index (κ3) is 4.67. The molecule has 0 unspecified atom stereocenters. The summed E-state index contributed by atoms with van der Waals surface area (Å²) in [5, 5.41) is 4.28. The lowest BCUT2D eigenvalue weighted by Crippen LogP contribution is -2.00. The maximum Gasteiger partial charge on any atom is 0.164 e. The first-order valence-corrected chi connectivity index (χ1v) is 16.6. The first-order chi connectivity index (χ1) is 24.8. The van der Waals surface area contributed by atoms with E-state index in [1.165, 1.54) is 0 Å². The molecule has 0 spiro atoms. The molecule has 10 rings (SSSR count). The van der Waals surface area contributed by atoms with Gasteiger partial charge < -0.3 is 8.83 Å². The molecular formula is C45H27N3O2. The molecule has 7 aromatic carbocycles. The van der Waals surface area contributed by atoms with Gasteiger partial charge in [-0.05, 0) is 58.7 Å². The topological polar surface area (TPSA) is 65.0 Å². The predicted octanol–water partition coefficient (Wildman–Crippen LogP) is 12.0. The fraction of sp³-hybridized carbons (Fsp3) is 0. The van der Waals surface area contributed by atoms with Crippen LogP contribution in [0.1, 0.15) is 0 Å². The van der Waals surface area contributed by atoms with E-state index in [4.69, 9.17) is 23.8 Å². The van der Waals surface area contributed by atoms with Gasteiger partial charge in [-0.1, -0.05) is 127 Å². The summed E-state index contributed by atoms with van der Waals surface area (Å²) in [4.78, 5) is 15.0. The first kappa shape index (κ1) is 28.2. The number of benzene rings is 7. The van der Waals surface area contributed by atoms with E-state index in [-0.39, 0.29) is 0 Å². The number of para-hydroxylation sites is 1. The second kappa shape index (κ2) is 11.4. The Morgan fingerprint density at radius 1 is 0.300 bits per heavy atom. The van der Waals surface area contributed by atoms with Crippen LogP contribution in [0.25, 0.3) is 100 Å². The Morgan fingerprint density at radius 2 is 0.780 bits per heavy atom. The highest BCUT2D eigenvalue weighted by Gasteiger charge is 2.19. The van der Waals surface area contributed by atoms with Gasteiger partial charge in [0.1, 0.15) is 22.3 Å². The molecule has 0 amide bonds. The van der Waals surface area contributed by atoms with Crippen molar-refractivity contribution in [2.75, 3.05) is 0 Å². The molecule has 3 heterocycles. The molecule has 10 aromatic rings. The Bertz CT molecular complexity index is 2870. The molecule has 5 heteroatoms. The summed E-state index contributed by atoms with van der Waals surface area (Å²) in [5.41, 5.74) is 10.5. The van der Waals surface area contributed by atoms with Crippen molar-refractivity contribution in [1.29, 1.82) is 0 Å². The van der Waals surface area contributed by atoms with Crippen LogP contribution in [0.4, 0.5) is 0 Å². The highest BCUT2D eigenvalue weighted by atomic mass is 16.3. The number of aromatic nitrogens is 3. The SMILES string of the molecule is c1ccc(-c2cccc(-c3nc(-c4ccccc4)nc(-c4ccc5c(c4)oc4cccc(-c6cccc7oc8ccccc8c67)c45)n3)c2)cc1. The molecule has 50 heavy (non-hydrogen) atoms. The third-order valence-corrected chi connectivity index (χ3v) is 9.34. The fourth-order valence-electron chi connectivity index (χ4n) is 7.01. The maximum absolute atomic E-state index is 6.56. The lowest BCUT2D eigenvalue weighted by molar-refractivity contribution is 0.668. The highest BCUT2D eigenvalue weighted by Crippen LogP contribution is 2.43. The minimum absolute atomic E-state index is 0.580. The molecule has 0 saturated carbocycles. The van der Waals surface area contributed by atoms with Crippen LogP contribution in [-0.4, -0.2) is 15.0 Å². The monoisotopic (exact) mass is 641 g/mol. The molecular weight excluding hydrogens is 615 g/mol. The summed E-state index contributed by atoms with van der Waals surface area (Å²) in [7, 11) is 0. The fourth-order valence-corrected chi connectivity index (χ4v) is 7.01. The summed E-state index contributed by atoms with van der Waals surface area (Å²) in [6, 6.07) is 55.7. The summed E-state index contributed by atoms with van der Waals surface area (Å²) in [6.45, 7) is 0. The van der Waals surface area contributed by atoms with Gasteiger partial charge in [0, 0.05) is 38.2 Å². The van der Waals surface area contributed by atoms with Gasteiger partial charge in [-0.2, -0.15) is 0 Å². The van der Waals surface area contributed by atoms with Crippen molar-refractivity contribution in [3.8, 4) is 56.4 Å². The van der Waals surface area contributed by atoms with Crippen LogP contribution < -0.4 is 0 Å². The largest absolute Gasteiger partial charge is 0.456 e. The second-order valence-corrected chi connectivity index (χ2v) is 12.4. The van der Waals surface area contributed by atoms with E-state index in [1.807, 2.05) is 91.0 Å². The maximum atomic E-state index is 6.56. The minimum atomic E-state index is 0.580. The van der Waals surface area contributed by atoms with Crippen molar-refractivity contribution in [2.45, 2.75) is 0 Å². The van der Waals surface area contributed by atoms with E-state index in [1.54, 1.807) is 0 Å². The van der Waals surface area contributed by atoms with Crippen LogP contribution in [-0.2, 0) is 0 Å². The van der Waals surface area contributed by atoms with E-state index < -0.39 is 0 Å². The average Bonchev–Trinajstić information content (AvgIpc) is 3.77. The Balaban J connectivity index is 1.14. The number of hydrogen-bond donors (Lipinski definition) is 0. The average molecular weight is 642 g/mol. The third-order valence-electron chi connectivity index (χ3n) is 9.34. The van der Waals surface area contributed by atoms with Gasteiger partial charge in [-0.15, -0.1) is 0 Å². The van der Waals surface area contributed by atoms with Gasteiger partial charge in [-0.25, -0.2) is 15.0 Å². The molecule has 0 atom stereocenters. The zero-order valence-electron chi connectivity index (χ0n) is 26.7. The molecule has 5 nitrogen and oxygen atoms in total. The normalized spacial score (nSPS) is 11.6. The number of nitrogens with zero attached hydrogens (tertiary/aromatic N) is 3. The zero-order valence-corrected chi connectivity index (χ0v) is 26.7. The molecule has 0 radical (unpaired) electrons. The zero-order chi connectivity index (χ0) is 33.0. The minimum Gasteiger partial charge on any atom is -0.456 e. The van der Waals surface area contributed by atoms with Crippen LogP contribution in [0, 0.1) is 0 Å². The Labute approximate surface area is 287 Å². The lowest BCUT2D eigenvalue weighted by Gasteiger charge is -2.10. The predicted molar refractivity (Wildman–Crippen MR) is 202 cm³/mol. The van der Waals surface area contributed by atoms with Gasteiger partial charge in [0.25, 0.3) is 0 Å². The summed E-state index contributed by atoms with van der Waals surface area (Å²) >= 11 is 0. The summed E-state index contributed by atoms with van der Waals surface area (Å²) in [5.74, 6) is 1.80. The lowest BCUT2D eigenvalue weighted by atomic mass is 9.95. The van der Waals surface area contributed by atoms with Crippen LogP contribution in [0.3, 0.4) is 0 Å². The number of rotatable bonds is 5. The Hall–Kier alpha value is -6.85. The molecule has 0 aliphatic rings. The molecule has 0 saturated heterocycles. The van der Waals surface area contributed by atoms with Crippen LogP contribution in [0.2, 0.25) is 0 Å². The van der Waals surface area contributed by atoms with E-state index in [9.17, 15) is 0 Å². The smallest absolute Gasteiger partial charge is 0.164 e. The van der Waals surface area contributed by atoms with E-state index in [0.717, 1.165) is 82.8 Å². The second-order valence-electron chi connectivity index (χ2n) is 12.4. The first-order valence-electron chi connectivity index (χ1n) is 16.6. The van der Waals surface area contributed by atoms with Crippen molar-refractivity contribution in [3.63, 3.8) is 0 Å². The summed E-state index contributed by atoms with van der Waals surface area (Å²) in [6.07, 6.45) is 0. The van der Waals surface area contributed by atoms with Crippen LogP contribution >= 0.6 is 0 Å². The van der Waals surface area contributed by atoms with Crippen molar-refractivity contribution < 1.29 is 8.83 Å². The standard InChI is InChI=1S/C45H27N3O2/c1-3-12-28(13-4-1)30-16-9-17-31(26-30)44-46-43(29-14-5-2-6-15-29)47-45(48-44)32-24-25-36-40(27-32)50-39-23-11-20-34(42(36)39)33-19-10-22-38-41(33)35-18-7-8-21-37(35)49-38/h1-27H. The number of furan rings is 2. The molecule has 0 aliphatic carbocycles. The molecule has 0 bridgehead atoms. The van der Waals surface area contributed by atoms with Crippen molar-refractivity contribution in [3.05, 3.63) is 164 Å². The van der Waals surface area contributed by atoms with Gasteiger partial charge in [0.2, 0.25) is 0 Å². The molecule has 0 N–H and O–H groups in total. The van der Waals surface area contributed by atoms with E-state index in [0.29, 0.717) is 17.5 Å². The molecule has 234 valence electrons. The molecule has 0 fully saturated rings. The van der Waals surface area contributed by atoms with Gasteiger partial charge >= 0.3 is 0 Å². The highest BCUT2D eigenvalue weighted by molar-refractivity contribution is 6.19. The van der Waals surface area contributed by atoms with Crippen LogP contribution in [0.15, 0.2) is 173 Å². The number of fused-ring (bicyclic) bond motifs is 6. The van der Waals surface area contributed by atoms with Crippen LogP contribution in [0.5, 0.6) is 0 Å². The Morgan fingerprint density at radius 3 is 1.48 bits per heavy atom. The van der Waals surface area contributed by atoms with Gasteiger partial charge in [0.05, 0.1) is 0 Å².